The van der Waals surface area contributed by atoms with E-state index in [0.29, 0.717) is 5.75 Å². The molecule has 13 heteroatoms. The van der Waals surface area contributed by atoms with Crippen molar-refractivity contribution in [3.05, 3.63) is 65.9 Å². The Hall–Kier alpha value is -3.68. The van der Waals surface area contributed by atoms with Crippen molar-refractivity contribution in [3.63, 3.8) is 0 Å². The molecule has 3 aromatic rings. The van der Waals surface area contributed by atoms with E-state index in [1.54, 1.807) is 18.3 Å². The number of carboxylic acids is 1. The van der Waals surface area contributed by atoms with Crippen LogP contribution >= 0.6 is 24.4 Å². The minimum absolute atomic E-state index is 0.0730. The highest BCUT2D eigenvalue weighted by molar-refractivity contribution is 7.98. The predicted octanol–water partition coefficient (Wildman–Crippen LogP) is 1.21. The number of H-pyrrole nitrogens is 1. The van der Waals surface area contributed by atoms with Crippen LogP contribution in [0.25, 0.3) is 10.9 Å². The fourth-order valence-corrected chi connectivity index (χ4v) is 4.95. The van der Waals surface area contributed by atoms with Gasteiger partial charge in [0, 0.05) is 29.3 Å². The van der Waals surface area contributed by atoms with Gasteiger partial charge in [-0.05, 0) is 54.2 Å². The molecule has 0 bridgehead atoms. The molecule has 3 amide bonds. The molecule has 3 rings (SSSR count). The molecule has 0 aliphatic rings. The first-order valence-corrected chi connectivity index (χ1v) is 15.0. The quantitative estimate of drug-likeness (QED) is 0.119. The lowest BCUT2D eigenvalue weighted by Crippen LogP contribution is -2.58. The second kappa shape index (κ2) is 15.4. The summed E-state index contributed by atoms with van der Waals surface area (Å²) in [6, 6.07) is 9.37. The van der Waals surface area contributed by atoms with Crippen molar-refractivity contribution >= 4 is 59.0 Å². The minimum atomic E-state index is -1.17. The molecule has 0 spiro atoms. The maximum absolute atomic E-state index is 13.3. The Morgan fingerprint density at radius 3 is 2.22 bits per heavy atom. The fraction of sp³-hybridized carbons (Fsp3) is 0.357. The number of amides is 3. The van der Waals surface area contributed by atoms with Gasteiger partial charge in [0.1, 0.15) is 23.9 Å². The molecule has 0 radical (unpaired) electrons. The van der Waals surface area contributed by atoms with Crippen molar-refractivity contribution in [2.75, 3.05) is 17.8 Å². The number of fused-ring (bicyclic) bond motifs is 1. The minimum Gasteiger partial charge on any atom is -0.508 e. The number of carbonyl (C=O) groups is 4. The topological polar surface area (TPSA) is 187 Å². The van der Waals surface area contributed by atoms with E-state index in [1.165, 1.54) is 23.9 Å². The third-order valence-electron chi connectivity index (χ3n) is 6.50. The number of aromatic hydroxyl groups is 1. The highest BCUT2D eigenvalue weighted by Gasteiger charge is 2.30. The van der Waals surface area contributed by atoms with E-state index in [2.05, 4.69) is 33.6 Å². The van der Waals surface area contributed by atoms with Gasteiger partial charge in [0.05, 0.1) is 6.04 Å². The number of nitrogens with two attached hydrogens (primary N) is 1. The molecule has 8 N–H and O–H groups in total. The Labute approximate surface area is 247 Å². The summed E-state index contributed by atoms with van der Waals surface area (Å²) in [5.41, 5.74) is 8.37. The van der Waals surface area contributed by atoms with Crippen molar-refractivity contribution in [3.8, 4) is 5.75 Å². The summed E-state index contributed by atoms with van der Waals surface area (Å²) >= 11 is 5.67. The van der Waals surface area contributed by atoms with Crippen molar-refractivity contribution in [1.82, 2.24) is 20.9 Å². The summed E-state index contributed by atoms with van der Waals surface area (Å²) in [5, 5.41) is 27.7. The average Bonchev–Trinajstić information content (AvgIpc) is 3.36. The summed E-state index contributed by atoms with van der Waals surface area (Å²) in [6.45, 7) is 0. The van der Waals surface area contributed by atoms with Crippen LogP contribution in [0.5, 0.6) is 5.75 Å². The standard InChI is InChI=1S/C28H35N5O6S2/c1-41-11-10-22(28(38)39)31-26(36)23(13-17-14-30-21-5-3-2-4-19(17)21)32-27(37)24(15-40)33-25(35)20(29)12-16-6-8-18(34)9-7-16/h2-9,14,20,22-24,30,34,40H,10-13,15,29H2,1H3,(H,31,36)(H,32,37)(H,33,35)(H,38,39). The monoisotopic (exact) mass is 601 g/mol. The number of thiol groups is 1. The van der Waals surface area contributed by atoms with Crippen LogP contribution in [0.2, 0.25) is 0 Å². The Morgan fingerprint density at radius 1 is 0.927 bits per heavy atom. The van der Waals surface area contributed by atoms with Gasteiger partial charge < -0.3 is 36.9 Å². The van der Waals surface area contributed by atoms with Crippen LogP contribution in [0.15, 0.2) is 54.7 Å². The van der Waals surface area contributed by atoms with Crippen LogP contribution in [-0.2, 0) is 32.0 Å². The van der Waals surface area contributed by atoms with Crippen LogP contribution < -0.4 is 21.7 Å². The molecule has 1 aromatic heterocycles. The number of carbonyl (C=O) groups excluding carboxylic acids is 3. The number of aliphatic carboxylic acids is 1. The van der Waals surface area contributed by atoms with Gasteiger partial charge in [0.25, 0.3) is 0 Å². The maximum Gasteiger partial charge on any atom is 0.326 e. The van der Waals surface area contributed by atoms with Gasteiger partial charge in [-0.15, -0.1) is 0 Å². The number of rotatable bonds is 15. The van der Waals surface area contributed by atoms with E-state index in [-0.39, 0.29) is 30.8 Å². The van der Waals surface area contributed by atoms with Crippen molar-refractivity contribution in [2.24, 2.45) is 5.73 Å². The molecule has 0 saturated heterocycles. The number of carboxylic acid groups (broad SMARTS) is 1. The Kier molecular flexibility index (Phi) is 11.9. The summed E-state index contributed by atoms with van der Waals surface area (Å²) in [6.07, 6.45) is 4.03. The van der Waals surface area contributed by atoms with Crippen LogP contribution in [0, 0.1) is 0 Å². The van der Waals surface area contributed by atoms with Gasteiger partial charge in [-0.25, -0.2) is 4.79 Å². The first kappa shape index (κ1) is 31.8. The van der Waals surface area contributed by atoms with Crippen LogP contribution in [0.3, 0.4) is 0 Å². The molecule has 11 nitrogen and oxygen atoms in total. The van der Waals surface area contributed by atoms with E-state index < -0.39 is 47.9 Å². The largest absolute Gasteiger partial charge is 0.508 e. The summed E-state index contributed by atoms with van der Waals surface area (Å²) in [5.74, 6) is -2.55. The van der Waals surface area contributed by atoms with Gasteiger partial charge in [0.2, 0.25) is 17.7 Å². The fourth-order valence-electron chi connectivity index (χ4n) is 4.22. The number of hydrogen-bond acceptors (Lipinski definition) is 8. The number of thioether (sulfide) groups is 1. The maximum atomic E-state index is 13.3. The third kappa shape index (κ3) is 9.17. The molecule has 41 heavy (non-hydrogen) atoms. The van der Waals surface area contributed by atoms with Crippen LogP contribution in [0.4, 0.5) is 0 Å². The van der Waals surface area contributed by atoms with Crippen LogP contribution in [0.1, 0.15) is 17.5 Å². The molecule has 4 atom stereocenters. The van der Waals surface area contributed by atoms with Crippen LogP contribution in [-0.4, -0.2) is 80.8 Å². The molecule has 0 aliphatic carbocycles. The Balaban J connectivity index is 1.74. The smallest absolute Gasteiger partial charge is 0.326 e. The van der Waals surface area contributed by atoms with Crippen molar-refractivity contribution < 1.29 is 29.4 Å². The van der Waals surface area contributed by atoms with E-state index in [9.17, 15) is 29.4 Å². The van der Waals surface area contributed by atoms with E-state index in [0.717, 1.165) is 22.0 Å². The molecular formula is C28H35N5O6S2. The number of para-hydroxylation sites is 1. The number of phenolic OH excluding ortho intramolecular Hbond substituents is 1. The van der Waals surface area contributed by atoms with E-state index >= 15 is 0 Å². The number of nitrogens with one attached hydrogen (secondary N) is 4. The Bertz CT molecular complexity index is 1350. The molecule has 0 aliphatic heterocycles. The second-order valence-electron chi connectivity index (χ2n) is 9.53. The predicted molar refractivity (Wildman–Crippen MR) is 162 cm³/mol. The van der Waals surface area contributed by atoms with Gasteiger partial charge >= 0.3 is 5.97 Å². The Morgan fingerprint density at radius 2 is 1.56 bits per heavy atom. The first-order valence-electron chi connectivity index (χ1n) is 12.9. The lowest BCUT2D eigenvalue weighted by Gasteiger charge is -2.24. The zero-order valence-electron chi connectivity index (χ0n) is 22.5. The molecule has 4 unspecified atom stereocenters. The summed E-state index contributed by atoms with van der Waals surface area (Å²) in [4.78, 5) is 54.3. The first-order chi connectivity index (χ1) is 19.6. The van der Waals surface area contributed by atoms with E-state index in [1.807, 2.05) is 30.5 Å². The summed E-state index contributed by atoms with van der Waals surface area (Å²) < 4.78 is 0. The SMILES string of the molecule is CSCCC(NC(=O)C(Cc1c[nH]c2ccccc12)NC(=O)C(CS)NC(=O)C(N)Cc1ccc(O)cc1)C(=O)O. The molecule has 2 aromatic carbocycles. The van der Waals surface area contributed by atoms with Crippen molar-refractivity contribution in [2.45, 2.75) is 43.4 Å². The highest BCUT2D eigenvalue weighted by atomic mass is 32.2. The average molecular weight is 602 g/mol. The number of aromatic nitrogens is 1. The van der Waals surface area contributed by atoms with Gasteiger partial charge in [-0.3, -0.25) is 14.4 Å². The second-order valence-corrected chi connectivity index (χ2v) is 10.9. The summed E-state index contributed by atoms with van der Waals surface area (Å²) in [7, 11) is 0. The molecule has 1 heterocycles. The normalized spacial score (nSPS) is 14.0. The van der Waals surface area contributed by atoms with Crippen molar-refractivity contribution in [1.29, 1.82) is 0 Å². The van der Waals surface area contributed by atoms with E-state index in [4.69, 9.17) is 5.73 Å². The zero-order valence-corrected chi connectivity index (χ0v) is 24.2. The van der Waals surface area contributed by atoms with Gasteiger partial charge in [0.15, 0.2) is 0 Å². The zero-order chi connectivity index (χ0) is 29.9. The third-order valence-corrected chi connectivity index (χ3v) is 7.51. The lowest BCUT2D eigenvalue weighted by molar-refractivity contribution is -0.142. The number of benzene rings is 2. The molecule has 220 valence electrons. The van der Waals surface area contributed by atoms with Gasteiger partial charge in [-0.1, -0.05) is 30.3 Å². The number of aromatic amines is 1. The molecule has 0 saturated carbocycles. The highest BCUT2D eigenvalue weighted by Crippen LogP contribution is 2.19. The molecule has 0 fully saturated rings. The molecular weight excluding hydrogens is 566 g/mol. The number of phenols is 1. The number of hydrogen-bond donors (Lipinski definition) is 8. The van der Waals surface area contributed by atoms with Gasteiger partial charge in [-0.2, -0.15) is 24.4 Å². The lowest BCUT2D eigenvalue weighted by atomic mass is 10.0.